The van der Waals surface area contributed by atoms with Crippen molar-refractivity contribution in [1.29, 1.82) is 5.26 Å². The summed E-state index contributed by atoms with van der Waals surface area (Å²) in [4.78, 5) is 24.8. The van der Waals surface area contributed by atoms with E-state index in [1.807, 2.05) is 6.07 Å². The van der Waals surface area contributed by atoms with Gasteiger partial charge in [0.25, 0.3) is 5.56 Å². The lowest BCUT2D eigenvalue weighted by Gasteiger charge is -2.10. The van der Waals surface area contributed by atoms with Crippen molar-refractivity contribution in [2.45, 2.75) is 0 Å². The van der Waals surface area contributed by atoms with E-state index in [1.165, 1.54) is 18.7 Å². The van der Waals surface area contributed by atoms with Crippen molar-refractivity contribution in [2.24, 2.45) is 14.1 Å². The van der Waals surface area contributed by atoms with Crippen LogP contribution in [0.2, 0.25) is 5.02 Å². The molecule has 0 saturated heterocycles. The van der Waals surface area contributed by atoms with Gasteiger partial charge in [-0.3, -0.25) is 13.9 Å². The predicted octanol–water partition coefficient (Wildman–Crippen LogP) is -0.318. The molecule has 0 unspecified atom stereocenters. The molecule has 24 heavy (non-hydrogen) atoms. The fourth-order valence-electron chi connectivity index (χ4n) is 2.58. The first-order valence-corrected chi connectivity index (χ1v) is 7.26. The number of aryl methyl sites for hydroxylation is 1. The van der Waals surface area contributed by atoms with Crippen molar-refractivity contribution in [3.8, 4) is 17.2 Å². The van der Waals surface area contributed by atoms with Crippen LogP contribution in [0, 0.1) is 11.3 Å². The van der Waals surface area contributed by atoms with Crippen molar-refractivity contribution in [3.63, 3.8) is 0 Å². The van der Waals surface area contributed by atoms with Crippen molar-refractivity contribution in [2.75, 3.05) is 0 Å². The van der Waals surface area contributed by atoms with Crippen LogP contribution >= 0.6 is 11.6 Å². The number of aromatic nitrogens is 2. The SMILES string of the molecule is Cn1c(=O)c2c(-c3ccc(Cl)cc3)c(C#N)c(=[NH2+])oc2n(C)c1=O. The fraction of sp³-hybridized carbons (Fsp3) is 0.125. The summed E-state index contributed by atoms with van der Waals surface area (Å²) >= 11 is 5.91. The monoisotopic (exact) mass is 343 g/mol. The zero-order valence-electron chi connectivity index (χ0n) is 12.8. The molecule has 2 heterocycles. The molecule has 0 aliphatic rings. The van der Waals surface area contributed by atoms with Gasteiger partial charge in [0.1, 0.15) is 11.5 Å². The van der Waals surface area contributed by atoms with E-state index in [0.29, 0.717) is 16.1 Å². The van der Waals surface area contributed by atoms with Crippen molar-refractivity contribution in [1.82, 2.24) is 9.13 Å². The Labute approximate surface area is 140 Å². The van der Waals surface area contributed by atoms with Gasteiger partial charge in [0.05, 0.1) is 0 Å². The fourth-order valence-corrected chi connectivity index (χ4v) is 2.70. The molecule has 3 rings (SSSR count). The van der Waals surface area contributed by atoms with Crippen LogP contribution in [-0.4, -0.2) is 9.13 Å². The van der Waals surface area contributed by atoms with Crippen LogP contribution in [0.25, 0.3) is 22.2 Å². The van der Waals surface area contributed by atoms with Gasteiger partial charge in [0.15, 0.2) is 5.56 Å². The molecule has 0 atom stereocenters. The van der Waals surface area contributed by atoms with Crippen LogP contribution in [0.15, 0.2) is 38.3 Å². The molecule has 120 valence electrons. The molecular formula is C16H12ClN4O3+. The smallest absolute Gasteiger partial charge is 0.384 e. The van der Waals surface area contributed by atoms with Gasteiger partial charge >= 0.3 is 11.2 Å². The van der Waals surface area contributed by atoms with Gasteiger partial charge in [0.2, 0.25) is 5.71 Å². The second-order valence-corrected chi connectivity index (χ2v) is 5.66. The first-order valence-electron chi connectivity index (χ1n) is 6.88. The topological polar surface area (TPSA) is 107 Å². The van der Waals surface area contributed by atoms with E-state index < -0.39 is 11.2 Å². The quantitative estimate of drug-likeness (QED) is 0.653. The first kappa shape index (κ1) is 15.8. The number of halogens is 1. The summed E-state index contributed by atoms with van der Waals surface area (Å²) < 4.78 is 7.52. The summed E-state index contributed by atoms with van der Waals surface area (Å²) in [6.07, 6.45) is 0. The van der Waals surface area contributed by atoms with Crippen LogP contribution in [0.3, 0.4) is 0 Å². The van der Waals surface area contributed by atoms with Crippen molar-refractivity contribution < 1.29 is 9.83 Å². The summed E-state index contributed by atoms with van der Waals surface area (Å²) in [6.45, 7) is 0. The van der Waals surface area contributed by atoms with Gasteiger partial charge < -0.3 is 4.42 Å². The molecule has 1 aromatic carbocycles. The Bertz CT molecular complexity index is 1190. The van der Waals surface area contributed by atoms with Crippen LogP contribution < -0.4 is 22.2 Å². The average Bonchev–Trinajstić information content (AvgIpc) is 2.57. The number of nitriles is 1. The minimum atomic E-state index is -0.571. The lowest BCUT2D eigenvalue weighted by Crippen LogP contribution is -2.47. The third-order valence-electron chi connectivity index (χ3n) is 3.81. The van der Waals surface area contributed by atoms with Gasteiger partial charge in [-0.2, -0.15) is 5.26 Å². The molecule has 7 nitrogen and oxygen atoms in total. The maximum absolute atomic E-state index is 12.7. The second kappa shape index (κ2) is 5.51. The zero-order chi connectivity index (χ0) is 17.6. The number of nitrogens with two attached hydrogens (primary N) is 1. The Kier molecular flexibility index (Phi) is 3.62. The third kappa shape index (κ3) is 2.16. The molecule has 0 bridgehead atoms. The van der Waals surface area contributed by atoms with Gasteiger partial charge in [-0.05, 0) is 17.7 Å². The summed E-state index contributed by atoms with van der Waals surface area (Å²) in [5.74, 6) is 0. The molecule has 0 fully saturated rings. The standard InChI is InChI=1S/C16H11ClN4O3/c1-20-14(22)12-11(8-3-5-9(17)6-4-8)10(7-18)13(19)24-15(12)21(2)16(20)23/h3-6,19H,1-2H3/p+1. The summed E-state index contributed by atoms with van der Waals surface area (Å²) in [6, 6.07) is 8.57. The van der Waals surface area contributed by atoms with Crippen LogP contribution in [0.1, 0.15) is 5.56 Å². The number of fused-ring (bicyclic) bond motifs is 1. The van der Waals surface area contributed by atoms with E-state index in [-0.39, 0.29) is 22.2 Å². The number of benzene rings is 1. The van der Waals surface area contributed by atoms with Crippen molar-refractivity contribution in [3.05, 3.63) is 61.2 Å². The highest BCUT2D eigenvalue weighted by molar-refractivity contribution is 6.30. The Morgan fingerprint density at radius 3 is 2.38 bits per heavy atom. The second-order valence-electron chi connectivity index (χ2n) is 5.22. The highest BCUT2D eigenvalue weighted by Crippen LogP contribution is 2.28. The Balaban J connectivity index is 2.68. The van der Waals surface area contributed by atoms with Crippen molar-refractivity contribution >= 4 is 22.7 Å². The lowest BCUT2D eigenvalue weighted by atomic mass is 9.99. The van der Waals surface area contributed by atoms with E-state index in [2.05, 4.69) is 0 Å². The highest BCUT2D eigenvalue weighted by Gasteiger charge is 2.23. The molecule has 0 radical (unpaired) electrons. The first-order chi connectivity index (χ1) is 11.4. The molecule has 2 aromatic heterocycles. The van der Waals surface area contributed by atoms with E-state index in [1.54, 1.807) is 24.3 Å². The van der Waals surface area contributed by atoms with Gasteiger partial charge in [-0.15, -0.1) is 0 Å². The zero-order valence-corrected chi connectivity index (χ0v) is 13.6. The average molecular weight is 344 g/mol. The molecule has 0 amide bonds. The predicted molar refractivity (Wildman–Crippen MR) is 86.9 cm³/mol. The molecule has 0 aliphatic heterocycles. The molecule has 2 N–H and O–H groups in total. The number of rotatable bonds is 1. The molecular weight excluding hydrogens is 332 g/mol. The van der Waals surface area contributed by atoms with Crippen LogP contribution in [0.4, 0.5) is 0 Å². The molecule has 3 aromatic rings. The number of hydrogen-bond donors (Lipinski definition) is 1. The van der Waals surface area contributed by atoms with Crippen LogP contribution in [0.5, 0.6) is 0 Å². The third-order valence-corrected chi connectivity index (χ3v) is 4.06. The largest absolute Gasteiger partial charge is 0.386 e. The Morgan fingerprint density at radius 2 is 1.79 bits per heavy atom. The Hall–Kier alpha value is -3.11. The lowest BCUT2D eigenvalue weighted by molar-refractivity contribution is -0.197. The van der Waals surface area contributed by atoms with Gasteiger partial charge in [0, 0.05) is 24.7 Å². The summed E-state index contributed by atoms with van der Waals surface area (Å²) in [7, 11) is 2.82. The molecule has 0 spiro atoms. The Morgan fingerprint density at radius 1 is 1.17 bits per heavy atom. The van der Waals surface area contributed by atoms with Gasteiger partial charge in [-0.25, -0.2) is 10.2 Å². The van der Waals surface area contributed by atoms with E-state index in [0.717, 1.165) is 4.57 Å². The maximum Gasteiger partial charge on any atom is 0.384 e. The minimum absolute atomic E-state index is 0.00421. The molecule has 0 aliphatic carbocycles. The minimum Gasteiger partial charge on any atom is -0.386 e. The summed E-state index contributed by atoms with van der Waals surface area (Å²) in [5.41, 5.74) is -0.382. The van der Waals surface area contributed by atoms with Crippen LogP contribution in [-0.2, 0) is 14.1 Å². The van der Waals surface area contributed by atoms with E-state index in [9.17, 15) is 14.9 Å². The number of hydrogen-bond acceptors (Lipinski definition) is 4. The highest BCUT2D eigenvalue weighted by atomic mass is 35.5. The summed E-state index contributed by atoms with van der Waals surface area (Å²) in [5, 5.41) is 15.9. The van der Waals surface area contributed by atoms with Gasteiger partial charge in [-0.1, -0.05) is 23.7 Å². The maximum atomic E-state index is 12.7. The normalized spacial score (nSPS) is 10.8. The van der Waals surface area contributed by atoms with E-state index in [4.69, 9.17) is 21.4 Å². The molecule has 8 heteroatoms. The number of nitrogens with zero attached hydrogens (tertiary/aromatic N) is 3. The van der Waals surface area contributed by atoms with E-state index >= 15 is 0 Å². The molecule has 0 saturated carbocycles.